The first-order chi connectivity index (χ1) is 9.29. The minimum Gasteiger partial charge on any atom is -0.481 e. The lowest BCUT2D eigenvalue weighted by Crippen LogP contribution is -2.37. The molecule has 20 heavy (non-hydrogen) atoms. The van der Waals surface area contributed by atoms with Crippen LogP contribution in [0, 0.1) is 5.92 Å². The minimum atomic E-state index is -2.74. The van der Waals surface area contributed by atoms with Gasteiger partial charge in [-0.25, -0.2) is 8.78 Å². The number of halogens is 2. The van der Waals surface area contributed by atoms with Crippen LogP contribution < -0.4 is 5.32 Å². The molecule has 0 spiro atoms. The van der Waals surface area contributed by atoms with E-state index in [1.165, 1.54) is 0 Å². The Balaban J connectivity index is 2.70. The highest BCUT2D eigenvalue weighted by molar-refractivity contribution is 5.92. The van der Waals surface area contributed by atoms with Gasteiger partial charge < -0.3 is 10.4 Å². The van der Waals surface area contributed by atoms with Gasteiger partial charge in [-0.1, -0.05) is 13.8 Å². The zero-order chi connectivity index (χ0) is 15.3. The lowest BCUT2D eigenvalue weighted by atomic mass is 10.0. The number of nitrogens with zero attached hydrogens (tertiary/aromatic N) is 1. The van der Waals surface area contributed by atoms with Gasteiger partial charge in [-0.3, -0.25) is 14.7 Å². The third-order valence-corrected chi connectivity index (χ3v) is 2.58. The van der Waals surface area contributed by atoms with Crippen molar-refractivity contribution in [2.24, 2.45) is 5.92 Å². The van der Waals surface area contributed by atoms with E-state index in [-0.39, 0.29) is 18.0 Å². The Bertz CT molecular complexity index is 474. The lowest BCUT2D eigenvalue weighted by molar-refractivity contribution is -0.137. The van der Waals surface area contributed by atoms with Gasteiger partial charge >= 0.3 is 5.97 Å². The van der Waals surface area contributed by atoms with E-state index in [2.05, 4.69) is 15.5 Å². The molecule has 0 aliphatic heterocycles. The molecule has 1 aromatic heterocycles. The van der Waals surface area contributed by atoms with Crippen molar-refractivity contribution in [2.45, 2.75) is 39.2 Å². The molecule has 1 amide bonds. The quantitative estimate of drug-likeness (QED) is 0.715. The molecule has 0 aliphatic carbocycles. The number of rotatable bonds is 7. The molecule has 0 aromatic carbocycles. The number of alkyl halides is 2. The number of nitrogens with one attached hydrogen (secondary N) is 2. The van der Waals surface area contributed by atoms with Gasteiger partial charge in [0, 0.05) is 6.04 Å². The van der Waals surface area contributed by atoms with Crippen molar-refractivity contribution in [2.75, 3.05) is 0 Å². The lowest BCUT2D eigenvalue weighted by Gasteiger charge is -2.18. The van der Waals surface area contributed by atoms with E-state index >= 15 is 0 Å². The van der Waals surface area contributed by atoms with Gasteiger partial charge in [0.15, 0.2) is 0 Å². The maximum absolute atomic E-state index is 12.4. The van der Waals surface area contributed by atoms with Gasteiger partial charge in [-0.15, -0.1) is 0 Å². The average molecular weight is 289 g/mol. The fourth-order valence-corrected chi connectivity index (χ4v) is 1.80. The molecule has 0 saturated carbocycles. The number of aliphatic carboxylic acids is 1. The summed E-state index contributed by atoms with van der Waals surface area (Å²) in [5.74, 6) is -1.51. The van der Waals surface area contributed by atoms with Crippen molar-refractivity contribution >= 4 is 11.9 Å². The Labute approximate surface area is 114 Å². The molecule has 0 radical (unpaired) electrons. The molecule has 1 heterocycles. The number of hydrogen-bond acceptors (Lipinski definition) is 3. The summed E-state index contributed by atoms with van der Waals surface area (Å²) in [6, 6.07) is 0.388. The second-order valence-corrected chi connectivity index (χ2v) is 4.91. The summed E-state index contributed by atoms with van der Waals surface area (Å²) < 4.78 is 24.7. The number of aromatic nitrogens is 2. The van der Waals surface area contributed by atoms with Crippen molar-refractivity contribution < 1.29 is 23.5 Å². The number of H-pyrrole nitrogens is 1. The molecule has 0 fully saturated rings. The number of carbonyl (C=O) groups excluding carboxylic acids is 1. The van der Waals surface area contributed by atoms with E-state index < -0.39 is 30.0 Å². The first-order valence-electron chi connectivity index (χ1n) is 6.15. The van der Waals surface area contributed by atoms with Gasteiger partial charge in [0.2, 0.25) is 0 Å². The molecule has 112 valence electrons. The van der Waals surface area contributed by atoms with E-state index in [4.69, 9.17) is 5.11 Å². The van der Waals surface area contributed by atoms with Crippen molar-refractivity contribution in [1.82, 2.24) is 15.5 Å². The number of carboxylic acid groups (broad SMARTS) is 1. The minimum absolute atomic E-state index is 0.181. The summed E-state index contributed by atoms with van der Waals surface area (Å²) in [6.07, 6.45) is -2.49. The smallest absolute Gasteiger partial charge is 0.305 e. The molecule has 0 bridgehead atoms. The predicted octanol–water partition coefficient (Wildman–Crippen LogP) is 1.97. The first-order valence-corrected chi connectivity index (χ1v) is 6.15. The van der Waals surface area contributed by atoms with Gasteiger partial charge in [-0.05, 0) is 18.4 Å². The highest BCUT2D eigenvalue weighted by Crippen LogP contribution is 2.16. The van der Waals surface area contributed by atoms with Crippen LogP contribution in [0.4, 0.5) is 8.78 Å². The number of aromatic amines is 1. The number of hydrogen-bond donors (Lipinski definition) is 3. The summed E-state index contributed by atoms with van der Waals surface area (Å²) in [5, 5.41) is 16.8. The van der Waals surface area contributed by atoms with Crippen LogP contribution in [-0.2, 0) is 4.79 Å². The highest BCUT2D eigenvalue weighted by Gasteiger charge is 2.21. The summed E-state index contributed by atoms with van der Waals surface area (Å²) >= 11 is 0. The van der Waals surface area contributed by atoms with E-state index in [0.29, 0.717) is 6.42 Å². The Morgan fingerprint density at radius 2 is 2.10 bits per heavy atom. The molecule has 3 N–H and O–H groups in total. The molecular formula is C12H17F2N3O3. The molecule has 8 heteroatoms. The predicted molar refractivity (Wildman–Crippen MR) is 66.5 cm³/mol. The third-order valence-electron chi connectivity index (χ3n) is 2.58. The molecule has 1 rings (SSSR count). The standard InChI is InChI=1S/C12H17F2N3O3/c1-6(2)3-7(4-10(18)19)15-12(20)9-5-8(11(13)14)16-17-9/h5-7,11H,3-4H2,1-2H3,(H,15,20)(H,16,17)(H,18,19)/t7-/m1/s1. The Morgan fingerprint density at radius 3 is 2.55 bits per heavy atom. The number of carboxylic acids is 1. The average Bonchev–Trinajstić information content (AvgIpc) is 2.75. The summed E-state index contributed by atoms with van der Waals surface area (Å²) in [7, 11) is 0. The van der Waals surface area contributed by atoms with Crippen molar-refractivity contribution in [3.63, 3.8) is 0 Å². The van der Waals surface area contributed by atoms with Gasteiger partial charge in [-0.2, -0.15) is 5.10 Å². The number of amides is 1. The molecular weight excluding hydrogens is 272 g/mol. The monoisotopic (exact) mass is 289 g/mol. The van der Waals surface area contributed by atoms with Crippen LogP contribution in [0.15, 0.2) is 6.07 Å². The normalized spacial score (nSPS) is 12.7. The van der Waals surface area contributed by atoms with Crippen LogP contribution in [0.2, 0.25) is 0 Å². The summed E-state index contributed by atoms with van der Waals surface area (Å²) in [6.45, 7) is 3.79. The van der Waals surface area contributed by atoms with Crippen LogP contribution in [0.1, 0.15) is 49.3 Å². The molecule has 0 unspecified atom stereocenters. The van der Waals surface area contributed by atoms with E-state index in [1.807, 2.05) is 13.8 Å². The highest BCUT2D eigenvalue weighted by atomic mass is 19.3. The van der Waals surface area contributed by atoms with Gasteiger partial charge in [0.05, 0.1) is 6.42 Å². The maximum Gasteiger partial charge on any atom is 0.305 e. The maximum atomic E-state index is 12.4. The Kier molecular flexibility index (Phi) is 5.60. The largest absolute Gasteiger partial charge is 0.481 e. The number of carbonyl (C=O) groups is 2. The molecule has 1 atom stereocenters. The fourth-order valence-electron chi connectivity index (χ4n) is 1.80. The molecule has 1 aromatic rings. The van der Waals surface area contributed by atoms with Crippen LogP contribution >= 0.6 is 0 Å². The summed E-state index contributed by atoms with van der Waals surface area (Å²) in [4.78, 5) is 22.6. The van der Waals surface area contributed by atoms with Crippen LogP contribution in [0.25, 0.3) is 0 Å². The zero-order valence-corrected chi connectivity index (χ0v) is 11.2. The topological polar surface area (TPSA) is 95.1 Å². The second-order valence-electron chi connectivity index (χ2n) is 4.91. The molecule has 0 saturated heterocycles. The van der Waals surface area contributed by atoms with E-state index in [0.717, 1.165) is 6.07 Å². The third kappa shape index (κ3) is 4.94. The van der Waals surface area contributed by atoms with Crippen LogP contribution in [-0.4, -0.2) is 33.2 Å². The van der Waals surface area contributed by atoms with Gasteiger partial charge in [0.25, 0.3) is 12.3 Å². The molecule has 6 nitrogen and oxygen atoms in total. The molecule has 0 aliphatic rings. The van der Waals surface area contributed by atoms with Crippen molar-refractivity contribution in [3.8, 4) is 0 Å². The first kappa shape index (κ1) is 16.1. The Hall–Kier alpha value is -1.99. The van der Waals surface area contributed by atoms with Crippen molar-refractivity contribution in [1.29, 1.82) is 0 Å². The van der Waals surface area contributed by atoms with E-state index in [9.17, 15) is 18.4 Å². The SMILES string of the molecule is CC(C)C[C@H](CC(=O)O)NC(=O)c1cc(C(F)F)[nH]n1. The second kappa shape index (κ2) is 6.97. The summed E-state index contributed by atoms with van der Waals surface area (Å²) in [5.41, 5.74) is -0.631. The zero-order valence-electron chi connectivity index (χ0n) is 11.2. The van der Waals surface area contributed by atoms with Gasteiger partial charge in [0.1, 0.15) is 11.4 Å². The Morgan fingerprint density at radius 1 is 1.45 bits per heavy atom. The van der Waals surface area contributed by atoms with E-state index in [1.54, 1.807) is 0 Å². The van der Waals surface area contributed by atoms with Crippen molar-refractivity contribution in [3.05, 3.63) is 17.5 Å². The fraction of sp³-hybridized carbons (Fsp3) is 0.583. The van der Waals surface area contributed by atoms with Crippen LogP contribution in [0.5, 0.6) is 0 Å². The van der Waals surface area contributed by atoms with Crippen LogP contribution in [0.3, 0.4) is 0 Å².